The molecular formula is C16H24N2O. The molecule has 1 aliphatic rings. The molecule has 0 bridgehead atoms. The van der Waals surface area contributed by atoms with E-state index in [-0.39, 0.29) is 11.9 Å². The second-order valence-electron chi connectivity index (χ2n) is 5.42. The van der Waals surface area contributed by atoms with Crippen molar-refractivity contribution >= 4 is 11.6 Å². The minimum atomic E-state index is -0.0247. The molecule has 2 unspecified atom stereocenters. The highest BCUT2D eigenvalue weighted by atomic mass is 16.2. The smallest absolute Gasteiger partial charge is 0.244 e. The van der Waals surface area contributed by atoms with Crippen LogP contribution in [0.1, 0.15) is 38.7 Å². The summed E-state index contributed by atoms with van der Waals surface area (Å²) in [5, 5.41) is 3.43. The molecule has 1 saturated heterocycles. The lowest BCUT2D eigenvalue weighted by Crippen LogP contribution is -2.51. The summed E-state index contributed by atoms with van der Waals surface area (Å²) >= 11 is 0. The van der Waals surface area contributed by atoms with Crippen molar-refractivity contribution in [2.45, 2.75) is 52.1 Å². The summed E-state index contributed by atoms with van der Waals surface area (Å²) in [5.41, 5.74) is 2.19. The summed E-state index contributed by atoms with van der Waals surface area (Å²) in [6.45, 7) is 6.97. The zero-order chi connectivity index (χ0) is 13.8. The number of piperidine rings is 1. The molecule has 1 aromatic carbocycles. The summed E-state index contributed by atoms with van der Waals surface area (Å²) in [4.78, 5) is 14.6. The van der Waals surface area contributed by atoms with Gasteiger partial charge in [-0.05, 0) is 51.7 Å². The first kappa shape index (κ1) is 14.1. The Morgan fingerprint density at radius 3 is 2.74 bits per heavy atom. The van der Waals surface area contributed by atoms with Crippen LogP contribution >= 0.6 is 0 Å². The summed E-state index contributed by atoms with van der Waals surface area (Å²) in [6, 6.07) is 8.51. The van der Waals surface area contributed by atoms with E-state index in [0.717, 1.165) is 30.6 Å². The first-order valence-electron chi connectivity index (χ1n) is 7.26. The van der Waals surface area contributed by atoms with Crippen LogP contribution < -0.4 is 10.2 Å². The van der Waals surface area contributed by atoms with Crippen LogP contribution in [0.15, 0.2) is 24.3 Å². The van der Waals surface area contributed by atoms with Gasteiger partial charge in [-0.2, -0.15) is 0 Å². The molecule has 1 fully saturated rings. The van der Waals surface area contributed by atoms with Gasteiger partial charge < -0.3 is 10.2 Å². The van der Waals surface area contributed by atoms with E-state index in [4.69, 9.17) is 0 Å². The molecule has 2 rings (SSSR count). The molecule has 0 saturated carbocycles. The van der Waals surface area contributed by atoms with Gasteiger partial charge in [0.25, 0.3) is 0 Å². The average Bonchev–Trinajstić information content (AvgIpc) is 2.41. The predicted molar refractivity (Wildman–Crippen MR) is 79.4 cm³/mol. The third-order valence-corrected chi connectivity index (χ3v) is 3.90. The lowest BCUT2D eigenvalue weighted by molar-refractivity contribution is -0.121. The number of carbonyl (C=O) groups excluding carboxylic acids is 1. The lowest BCUT2D eigenvalue weighted by Gasteiger charge is -2.32. The number of nitrogens with zero attached hydrogens (tertiary/aromatic N) is 1. The topological polar surface area (TPSA) is 32.3 Å². The number of rotatable bonds is 3. The summed E-state index contributed by atoms with van der Waals surface area (Å²) in [5.74, 6) is 0.211. The zero-order valence-electron chi connectivity index (χ0n) is 12.1. The van der Waals surface area contributed by atoms with Crippen LogP contribution in [0.4, 0.5) is 5.69 Å². The fourth-order valence-electron chi connectivity index (χ4n) is 2.83. The number of amides is 1. The third-order valence-electron chi connectivity index (χ3n) is 3.90. The third kappa shape index (κ3) is 3.16. The van der Waals surface area contributed by atoms with E-state index in [1.54, 1.807) is 0 Å². The van der Waals surface area contributed by atoms with Crippen molar-refractivity contribution in [3.63, 3.8) is 0 Å². The normalized spacial score (nSPS) is 23.1. The largest absolute Gasteiger partial charge is 0.311 e. The van der Waals surface area contributed by atoms with E-state index in [1.165, 1.54) is 6.42 Å². The number of hydrogen-bond acceptors (Lipinski definition) is 2. The second kappa shape index (κ2) is 6.20. The number of aryl methyl sites for hydroxylation is 1. The molecule has 0 aliphatic carbocycles. The van der Waals surface area contributed by atoms with Crippen molar-refractivity contribution in [2.75, 3.05) is 11.4 Å². The van der Waals surface area contributed by atoms with Crippen LogP contribution in [0.25, 0.3) is 0 Å². The minimum absolute atomic E-state index is 0.0247. The van der Waals surface area contributed by atoms with Crippen LogP contribution in [0.2, 0.25) is 0 Å². The molecule has 1 aromatic rings. The Labute approximate surface area is 116 Å². The standard InChI is InChI=1S/C16H24N2O/c1-4-18(15-11-6-5-8-12(15)2)16(19)14-10-7-9-13(3)17-14/h5-6,8,11,13-14,17H,4,7,9-10H2,1-3H3. The molecule has 0 aromatic heterocycles. The van der Waals surface area contributed by atoms with Crippen LogP contribution in [0.3, 0.4) is 0 Å². The van der Waals surface area contributed by atoms with Crippen molar-refractivity contribution in [1.29, 1.82) is 0 Å². The Kier molecular flexibility index (Phi) is 4.59. The lowest BCUT2D eigenvalue weighted by atomic mass is 9.98. The Morgan fingerprint density at radius 1 is 1.37 bits per heavy atom. The van der Waals surface area contributed by atoms with Crippen molar-refractivity contribution in [3.05, 3.63) is 29.8 Å². The maximum atomic E-state index is 12.7. The summed E-state index contributed by atoms with van der Waals surface area (Å²) in [7, 11) is 0. The number of nitrogens with one attached hydrogen (secondary N) is 1. The van der Waals surface area contributed by atoms with Gasteiger partial charge in [-0.15, -0.1) is 0 Å². The SMILES string of the molecule is CCN(C(=O)C1CCCC(C)N1)c1ccccc1C. The molecule has 1 aliphatic heterocycles. The van der Waals surface area contributed by atoms with Gasteiger partial charge >= 0.3 is 0 Å². The van der Waals surface area contributed by atoms with Gasteiger partial charge in [0.1, 0.15) is 0 Å². The van der Waals surface area contributed by atoms with E-state index in [1.807, 2.05) is 30.0 Å². The second-order valence-corrected chi connectivity index (χ2v) is 5.42. The van der Waals surface area contributed by atoms with Crippen molar-refractivity contribution in [3.8, 4) is 0 Å². The highest BCUT2D eigenvalue weighted by molar-refractivity contribution is 5.97. The van der Waals surface area contributed by atoms with E-state index in [2.05, 4.69) is 25.2 Å². The summed E-state index contributed by atoms with van der Waals surface area (Å²) < 4.78 is 0. The van der Waals surface area contributed by atoms with Gasteiger partial charge in [-0.3, -0.25) is 4.79 Å². The summed E-state index contributed by atoms with van der Waals surface area (Å²) in [6.07, 6.45) is 3.25. The van der Waals surface area contributed by atoms with Gasteiger partial charge in [-0.25, -0.2) is 0 Å². The maximum Gasteiger partial charge on any atom is 0.244 e. The zero-order valence-corrected chi connectivity index (χ0v) is 12.1. The maximum absolute atomic E-state index is 12.7. The minimum Gasteiger partial charge on any atom is -0.311 e. The Balaban J connectivity index is 2.17. The molecule has 104 valence electrons. The number of benzene rings is 1. The number of likely N-dealkylation sites (N-methyl/N-ethyl adjacent to an activating group) is 1. The molecular weight excluding hydrogens is 236 g/mol. The first-order valence-corrected chi connectivity index (χ1v) is 7.26. The fourth-order valence-corrected chi connectivity index (χ4v) is 2.83. The van der Waals surface area contributed by atoms with E-state index in [0.29, 0.717) is 6.04 Å². The quantitative estimate of drug-likeness (QED) is 0.906. The monoisotopic (exact) mass is 260 g/mol. The van der Waals surface area contributed by atoms with Crippen molar-refractivity contribution < 1.29 is 4.79 Å². The van der Waals surface area contributed by atoms with Crippen LogP contribution in [0, 0.1) is 6.92 Å². The Morgan fingerprint density at radius 2 is 2.11 bits per heavy atom. The van der Waals surface area contributed by atoms with Crippen LogP contribution in [-0.4, -0.2) is 24.5 Å². The number of hydrogen-bond donors (Lipinski definition) is 1. The van der Waals surface area contributed by atoms with Crippen molar-refractivity contribution in [1.82, 2.24) is 5.32 Å². The van der Waals surface area contributed by atoms with Gasteiger partial charge in [0.2, 0.25) is 5.91 Å². The predicted octanol–water partition coefficient (Wildman–Crippen LogP) is 2.88. The molecule has 0 spiro atoms. The number of carbonyl (C=O) groups is 1. The molecule has 1 amide bonds. The highest BCUT2D eigenvalue weighted by Crippen LogP contribution is 2.22. The average molecular weight is 260 g/mol. The molecule has 1 N–H and O–H groups in total. The van der Waals surface area contributed by atoms with E-state index in [9.17, 15) is 4.79 Å². The van der Waals surface area contributed by atoms with Gasteiger partial charge in [0.05, 0.1) is 6.04 Å². The van der Waals surface area contributed by atoms with Crippen LogP contribution in [-0.2, 0) is 4.79 Å². The highest BCUT2D eigenvalue weighted by Gasteiger charge is 2.28. The van der Waals surface area contributed by atoms with Gasteiger partial charge in [0.15, 0.2) is 0 Å². The molecule has 1 heterocycles. The molecule has 0 radical (unpaired) electrons. The van der Waals surface area contributed by atoms with Gasteiger partial charge in [0, 0.05) is 18.3 Å². The van der Waals surface area contributed by atoms with Gasteiger partial charge in [-0.1, -0.05) is 18.2 Å². The molecule has 19 heavy (non-hydrogen) atoms. The molecule has 3 nitrogen and oxygen atoms in total. The Bertz CT molecular complexity index is 444. The van der Waals surface area contributed by atoms with E-state index >= 15 is 0 Å². The molecule has 3 heteroatoms. The number of anilines is 1. The first-order chi connectivity index (χ1) is 9.13. The fraction of sp³-hybridized carbons (Fsp3) is 0.562. The molecule has 2 atom stereocenters. The van der Waals surface area contributed by atoms with E-state index < -0.39 is 0 Å². The van der Waals surface area contributed by atoms with Crippen LogP contribution in [0.5, 0.6) is 0 Å². The van der Waals surface area contributed by atoms with Crippen molar-refractivity contribution in [2.24, 2.45) is 0 Å². The number of para-hydroxylation sites is 1. The Hall–Kier alpha value is -1.35.